The number of thiazole rings is 2. The number of carbonyl (C=O) groups excluding carboxylic acids is 6. The van der Waals surface area contributed by atoms with Gasteiger partial charge in [0.25, 0.3) is 0 Å². The van der Waals surface area contributed by atoms with E-state index in [0.29, 0.717) is 106 Å². The minimum absolute atomic E-state index is 0. The lowest BCUT2D eigenvalue weighted by Gasteiger charge is -2.35. The Hall–Kier alpha value is -8.59. The minimum Gasteiger partial charge on any atom is -0.497 e. The number of carboxylic acids is 2. The molecule has 4 aromatic heterocycles. The molecule has 14 rings (SSSR count). The monoisotopic (exact) mass is 1600 g/mol. The van der Waals surface area contributed by atoms with E-state index < -0.39 is 88.8 Å². The van der Waals surface area contributed by atoms with Crippen LogP contribution in [0.3, 0.4) is 0 Å². The molecule has 0 spiro atoms. The topological polar surface area (TPSA) is 314 Å². The summed E-state index contributed by atoms with van der Waals surface area (Å²) in [7, 11) is 2.18. The Balaban J connectivity index is 0.000000216. The Morgan fingerprint density at radius 3 is 1.23 bits per heavy atom. The maximum Gasteiger partial charge on any atom is 0.310 e. The van der Waals surface area contributed by atoms with Crippen LogP contribution in [-0.4, -0.2) is 170 Å². The number of esters is 2. The zero-order valence-corrected chi connectivity index (χ0v) is 68.6. The van der Waals surface area contributed by atoms with E-state index in [1.165, 1.54) is 35.5 Å². The van der Waals surface area contributed by atoms with E-state index in [-0.39, 0.29) is 119 Å². The number of carboxylic acid groups (broad SMARTS) is 2. The van der Waals surface area contributed by atoms with E-state index in [9.17, 15) is 53.0 Å². The summed E-state index contributed by atoms with van der Waals surface area (Å²) in [6.45, 7) is 23.8. The first-order chi connectivity index (χ1) is 53.6. The van der Waals surface area contributed by atoms with Crippen molar-refractivity contribution < 1.29 is 82.8 Å². The molecule has 6 heterocycles. The van der Waals surface area contributed by atoms with Crippen molar-refractivity contribution in [2.24, 2.45) is 69.0 Å². The molecule has 0 radical (unpaired) electrons. The van der Waals surface area contributed by atoms with Crippen LogP contribution >= 0.6 is 22.7 Å². The first-order valence-electron chi connectivity index (χ1n) is 40.4. The van der Waals surface area contributed by atoms with Gasteiger partial charge < -0.3 is 59.1 Å². The van der Waals surface area contributed by atoms with Gasteiger partial charge in [-0.3, -0.25) is 42.7 Å². The summed E-state index contributed by atoms with van der Waals surface area (Å²) in [5.41, 5.74) is 0.284. The average Bonchev–Trinajstić information content (AvgIpc) is 1.58. The third-order valence-corrected chi connectivity index (χ3v) is 26.0. The number of nitrogens with zero attached hydrogens (tertiary/aromatic N) is 6. The highest BCUT2D eigenvalue weighted by atomic mass is 32.1. The third kappa shape index (κ3) is 19.2. The molecule has 113 heavy (non-hydrogen) atoms. The number of Topliss-reactive ketones (excluding diaryl/α,β-unsaturated/α-hetero) is 2. The molecule has 2 saturated heterocycles. The molecule has 16 atom stereocenters. The molecule has 614 valence electrons. The van der Waals surface area contributed by atoms with Crippen LogP contribution in [0.15, 0.2) is 59.3 Å². The summed E-state index contributed by atoms with van der Waals surface area (Å²) in [5, 5.41) is 33.9. The molecule has 27 heteroatoms. The van der Waals surface area contributed by atoms with Crippen molar-refractivity contribution in [1.82, 2.24) is 29.7 Å². The largest absolute Gasteiger partial charge is 0.497 e. The van der Waals surface area contributed by atoms with Crippen LogP contribution < -0.4 is 29.6 Å². The summed E-state index contributed by atoms with van der Waals surface area (Å²) in [6, 6.07) is 13.3. The number of alkyl halides is 1. The minimum atomic E-state index is -1.12. The molecule has 2 unspecified atom stereocenters. The van der Waals surface area contributed by atoms with Crippen molar-refractivity contribution in [2.45, 2.75) is 242 Å². The lowest BCUT2D eigenvalue weighted by molar-refractivity contribution is -0.157. The molecule has 8 aliphatic rings. The smallest absolute Gasteiger partial charge is 0.310 e. The van der Waals surface area contributed by atoms with Gasteiger partial charge in [-0.25, -0.2) is 19.9 Å². The van der Waals surface area contributed by atoms with Gasteiger partial charge in [0.15, 0.2) is 21.8 Å². The predicted octanol–water partition coefficient (Wildman–Crippen LogP) is 16.0. The van der Waals surface area contributed by atoms with Gasteiger partial charge in [0.05, 0.1) is 106 Å². The van der Waals surface area contributed by atoms with Gasteiger partial charge in [-0.15, -0.1) is 22.7 Å². The van der Waals surface area contributed by atoms with Gasteiger partial charge in [-0.05, 0) is 150 Å². The van der Waals surface area contributed by atoms with Crippen LogP contribution in [0.25, 0.3) is 44.6 Å². The second-order valence-electron chi connectivity index (χ2n) is 35.2. The highest BCUT2D eigenvalue weighted by Gasteiger charge is 2.63. The molecule has 2 aliphatic heterocycles. The number of rotatable bonds is 30. The second kappa shape index (κ2) is 34.5. The second-order valence-corrected chi connectivity index (χ2v) is 36.9. The summed E-state index contributed by atoms with van der Waals surface area (Å²) in [5.74, 6) is -0.827. The highest BCUT2D eigenvalue weighted by molar-refractivity contribution is 7.14. The van der Waals surface area contributed by atoms with E-state index in [0.717, 1.165) is 46.7 Å². The van der Waals surface area contributed by atoms with Gasteiger partial charge in [0, 0.05) is 83.6 Å². The number of likely N-dealkylation sites (tertiary alicyclic amines) is 2. The lowest BCUT2D eigenvalue weighted by Crippen LogP contribution is -2.48. The van der Waals surface area contributed by atoms with Crippen molar-refractivity contribution in [2.75, 3.05) is 45.1 Å². The number of ketones is 2. The molecule has 2 amide bonds. The molecule has 2 aromatic carbocycles. The number of hydrogen-bond donors (Lipinski definition) is 4. The molecule has 8 fully saturated rings. The fourth-order valence-electron chi connectivity index (χ4n) is 17.7. The first kappa shape index (κ1) is 83.8. The van der Waals surface area contributed by atoms with Gasteiger partial charge >= 0.3 is 23.9 Å². The van der Waals surface area contributed by atoms with Gasteiger partial charge in [-0.2, -0.15) is 0 Å². The van der Waals surface area contributed by atoms with Crippen LogP contribution in [0.4, 0.5) is 14.7 Å². The SMILES string of the molecule is C.CC[C@@H]1C[C@]1(CC(=O)[C@@H]1C[C@@H](Oc2cc(-c3csc(NC(C)C)n3)nc3cc(OC)ccc23)CN1C(=O)[C@@H](CC(=O)OC1C[C@@H]2C[C@@H]2C1)C(C)(C)C)C(=O)O.CC[C@@H]1C[C@]1(CC(=O)[C@@H]1C[C@@H](Oc2cc(-c3csc(NC(C)C)n3)nc3cc(OC)ccc23)CN1C(=O)[C@@H](CC(=O)OC1C[C@@H]2C[C@@H]2C1)C(C)(C)C)C(=O)O.[2H]CF. The number of methoxy groups -OCH3 is 2. The molecular formula is C86H115FN8O16S2. The van der Waals surface area contributed by atoms with Crippen LogP contribution in [0, 0.1) is 69.0 Å². The molecule has 6 aliphatic carbocycles. The zero-order valence-electron chi connectivity index (χ0n) is 67.9. The predicted molar refractivity (Wildman–Crippen MR) is 432 cm³/mol. The number of anilines is 2. The van der Waals surface area contributed by atoms with Crippen molar-refractivity contribution in [1.29, 1.82) is 0 Å². The number of benzene rings is 2. The summed E-state index contributed by atoms with van der Waals surface area (Å²) in [4.78, 5) is 132. The number of ether oxygens (including phenoxy) is 6. The number of hydrogen-bond acceptors (Lipinski definition) is 22. The van der Waals surface area contributed by atoms with Crippen LogP contribution in [0.5, 0.6) is 23.0 Å². The Labute approximate surface area is 671 Å². The zero-order chi connectivity index (χ0) is 81.5. The maximum atomic E-state index is 14.7. The molecular weight excluding hydrogens is 1480 g/mol. The summed E-state index contributed by atoms with van der Waals surface area (Å²) < 4.78 is 51.8. The van der Waals surface area contributed by atoms with Crippen molar-refractivity contribution in [3.63, 3.8) is 0 Å². The summed E-state index contributed by atoms with van der Waals surface area (Å²) >= 11 is 2.96. The van der Waals surface area contributed by atoms with E-state index in [2.05, 4.69) is 10.6 Å². The van der Waals surface area contributed by atoms with E-state index >= 15 is 0 Å². The number of aliphatic carboxylic acids is 2. The Bertz CT molecular complexity index is 4240. The van der Waals surface area contributed by atoms with Gasteiger partial charge in [-0.1, -0.05) is 75.7 Å². The Morgan fingerprint density at radius 1 is 0.558 bits per heavy atom. The van der Waals surface area contributed by atoms with Crippen molar-refractivity contribution >= 4 is 102 Å². The number of pyridine rings is 2. The molecule has 4 N–H and O–H groups in total. The van der Waals surface area contributed by atoms with Gasteiger partial charge in [0.1, 0.15) is 58.8 Å². The molecule has 24 nitrogen and oxygen atoms in total. The van der Waals surface area contributed by atoms with Crippen LogP contribution in [0.1, 0.15) is 195 Å². The highest BCUT2D eigenvalue weighted by Crippen LogP contribution is 2.60. The molecule has 6 aromatic rings. The summed E-state index contributed by atoms with van der Waals surface area (Å²) in [6.07, 6.45) is 6.54. The van der Waals surface area contributed by atoms with Crippen LogP contribution in [-0.2, 0) is 47.8 Å². The number of carbonyl (C=O) groups is 8. The quantitative estimate of drug-likeness (QED) is 0.0304. The standard InChI is InChI=1S/2C42H54N4O8S.CH3F.CH4/c2*1-8-25-18-42(25,39(50)51)19-35(47)34-15-28(20-46(34)38(49)30(41(4,5)6)16-37(48)54-27-12-23-11-24(23)13-27)53-36-17-32(33-21-55-40(45-33)43-22(2)3)44-31-14-26(52-7)9-10-29(31)36;1-2;/h2*9-10,14,17,21-25,27-28,30,34H,8,11-13,15-16,18-20H2,1-7H3,(H,43,45)(H,50,51);1H3;1H4/t2*23-,24+,25-,27?,28-,30-,34+,42-;;/m11../s1/i;;1D;. The normalized spacial score (nSPS) is 26.9. The Morgan fingerprint density at radius 2 is 0.920 bits per heavy atom. The number of halogens is 1. The average molecular weight is 1600 g/mol. The number of fused-ring (bicyclic) bond motifs is 4. The van der Waals surface area contributed by atoms with Crippen molar-refractivity contribution in [3.8, 4) is 45.8 Å². The van der Waals surface area contributed by atoms with Crippen LogP contribution in [0.2, 0.25) is 0 Å². The first-order valence-corrected chi connectivity index (χ1v) is 41.5. The number of amides is 2. The third-order valence-electron chi connectivity index (χ3n) is 24.4. The maximum absolute atomic E-state index is 14.7. The number of aromatic nitrogens is 4. The lowest BCUT2D eigenvalue weighted by atomic mass is 9.77. The van der Waals surface area contributed by atoms with E-state index in [4.69, 9.17) is 49.7 Å². The fraction of sp³-hybridized carbons (Fsp3) is 0.628. The molecule has 0 bridgehead atoms. The van der Waals surface area contributed by atoms with E-state index in [1.54, 1.807) is 24.0 Å². The van der Waals surface area contributed by atoms with Crippen molar-refractivity contribution in [3.05, 3.63) is 59.3 Å². The number of nitrogens with one attached hydrogen (secondary N) is 2. The van der Waals surface area contributed by atoms with Gasteiger partial charge in [0.2, 0.25) is 11.8 Å². The molecule has 6 saturated carbocycles. The fourth-order valence-corrected chi connectivity index (χ4v) is 19.4. The van der Waals surface area contributed by atoms with E-state index in [1.807, 2.05) is 142 Å². The Kier molecular flexibility index (Phi) is 25.6.